The third-order valence-electron chi connectivity index (χ3n) is 4.73. The number of amides is 1. The zero-order chi connectivity index (χ0) is 17.5. The predicted molar refractivity (Wildman–Crippen MR) is 100 cm³/mol. The molecule has 5 heteroatoms. The maximum absolute atomic E-state index is 12.1. The molecule has 0 aliphatic carbocycles. The van der Waals surface area contributed by atoms with E-state index in [1.807, 2.05) is 36.7 Å². The summed E-state index contributed by atoms with van der Waals surface area (Å²) in [5, 5.41) is 3.78. The second kappa shape index (κ2) is 8.97. The minimum absolute atomic E-state index is 0.0848. The van der Waals surface area contributed by atoms with E-state index in [9.17, 15) is 4.79 Å². The molecule has 1 saturated heterocycles. The summed E-state index contributed by atoms with van der Waals surface area (Å²) in [6.45, 7) is 3.92. The Kier molecular flexibility index (Phi) is 6.42. The summed E-state index contributed by atoms with van der Waals surface area (Å²) in [4.78, 5) is 18.6. The number of nitrogens with one attached hydrogen (secondary N) is 1. The molecule has 1 aromatic heterocycles. The summed E-state index contributed by atoms with van der Waals surface area (Å²) in [5.74, 6) is 0.657. The van der Waals surface area contributed by atoms with Gasteiger partial charge in [-0.05, 0) is 67.2 Å². The van der Waals surface area contributed by atoms with Gasteiger partial charge in [0.25, 0.3) is 0 Å². The van der Waals surface area contributed by atoms with E-state index < -0.39 is 0 Å². The van der Waals surface area contributed by atoms with Crippen LogP contribution in [0.1, 0.15) is 24.0 Å². The number of nitrogens with zero attached hydrogens (tertiary/aromatic N) is 2. The van der Waals surface area contributed by atoms with Gasteiger partial charge in [0.1, 0.15) is 0 Å². The smallest absolute Gasteiger partial charge is 0.224 e. The number of hydrogen-bond acceptors (Lipinski definition) is 3. The highest BCUT2D eigenvalue weighted by molar-refractivity contribution is 6.30. The zero-order valence-electron chi connectivity index (χ0n) is 14.3. The second-order valence-electron chi connectivity index (χ2n) is 6.68. The molecule has 0 saturated carbocycles. The normalized spacial score (nSPS) is 15.9. The molecule has 0 radical (unpaired) electrons. The van der Waals surface area contributed by atoms with Crippen LogP contribution in [-0.4, -0.2) is 35.4 Å². The average molecular weight is 358 g/mol. The first-order valence-electron chi connectivity index (χ1n) is 8.81. The van der Waals surface area contributed by atoms with Gasteiger partial charge in [-0.3, -0.25) is 14.7 Å². The zero-order valence-corrected chi connectivity index (χ0v) is 15.1. The fourth-order valence-corrected chi connectivity index (χ4v) is 3.33. The Morgan fingerprint density at radius 3 is 2.44 bits per heavy atom. The molecule has 0 atom stereocenters. The van der Waals surface area contributed by atoms with Crippen molar-refractivity contribution in [3.05, 3.63) is 64.9 Å². The topological polar surface area (TPSA) is 45.2 Å². The van der Waals surface area contributed by atoms with E-state index in [-0.39, 0.29) is 5.91 Å². The van der Waals surface area contributed by atoms with Crippen molar-refractivity contribution in [1.82, 2.24) is 15.2 Å². The van der Waals surface area contributed by atoms with Crippen LogP contribution in [0.3, 0.4) is 0 Å². The fraction of sp³-hybridized carbons (Fsp3) is 0.400. The number of likely N-dealkylation sites (tertiary alicyclic amines) is 1. The van der Waals surface area contributed by atoms with Crippen LogP contribution in [0.4, 0.5) is 0 Å². The van der Waals surface area contributed by atoms with Gasteiger partial charge in [0, 0.05) is 30.5 Å². The van der Waals surface area contributed by atoms with Crippen molar-refractivity contribution < 1.29 is 4.79 Å². The van der Waals surface area contributed by atoms with E-state index in [2.05, 4.69) is 27.3 Å². The van der Waals surface area contributed by atoms with E-state index in [1.165, 1.54) is 5.56 Å². The maximum atomic E-state index is 12.1. The van der Waals surface area contributed by atoms with Gasteiger partial charge < -0.3 is 5.32 Å². The molecule has 1 aromatic carbocycles. The molecule has 0 bridgehead atoms. The summed E-state index contributed by atoms with van der Waals surface area (Å²) in [6, 6.07) is 11.6. The van der Waals surface area contributed by atoms with E-state index >= 15 is 0 Å². The lowest BCUT2D eigenvalue weighted by molar-refractivity contribution is -0.120. The first-order valence-corrected chi connectivity index (χ1v) is 9.19. The molecular weight excluding hydrogens is 334 g/mol. The third kappa shape index (κ3) is 5.83. The number of piperidine rings is 1. The van der Waals surface area contributed by atoms with Gasteiger partial charge in [-0.15, -0.1) is 0 Å². The summed E-state index contributed by atoms with van der Waals surface area (Å²) < 4.78 is 0. The van der Waals surface area contributed by atoms with Gasteiger partial charge in [-0.2, -0.15) is 0 Å². The summed E-state index contributed by atoms with van der Waals surface area (Å²) in [7, 11) is 0. The van der Waals surface area contributed by atoms with Crippen LogP contribution in [0.2, 0.25) is 5.02 Å². The lowest BCUT2D eigenvalue weighted by atomic mass is 9.96. The van der Waals surface area contributed by atoms with Crippen molar-refractivity contribution in [2.45, 2.75) is 25.8 Å². The van der Waals surface area contributed by atoms with Crippen LogP contribution in [0.25, 0.3) is 0 Å². The average Bonchev–Trinajstić information content (AvgIpc) is 2.64. The molecule has 1 aliphatic heterocycles. The highest BCUT2D eigenvalue weighted by Gasteiger charge is 2.19. The van der Waals surface area contributed by atoms with Gasteiger partial charge in [-0.25, -0.2) is 0 Å². The van der Waals surface area contributed by atoms with Gasteiger partial charge >= 0.3 is 0 Å². The van der Waals surface area contributed by atoms with Gasteiger partial charge in [-0.1, -0.05) is 23.7 Å². The lowest BCUT2D eigenvalue weighted by Gasteiger charge is -2.32. The quantitative estimate of drug-likeness (QED) is 0.862. The largest absolute Gasteiger partial charge is 0.356 e. The molecule has 2 aromatic rings. The van der Waals surface area contributed by atoms with Crippen LogP contribution in [0.5, 0.6) is 0 Å². The number of pyridine rings is 1. The van der Waals surface area contributed by atoms with E-state index in [0.717, 1.165) is 44.6 Å². The molecule has 1 aliphatic rings. The van der Waals surface area contributed by atoms with Crippen molar-refractivity contribution >= 4 is 17.5 Å². The lowest BCUT2D eigenvalue weighted by Crippen LogP contribution is -2.38. The highest BCUT2D eigenvalue weighted by Crippen LogP contribution is 2.18. The monoisotopic (exact) mass is 357 g/mol. The van der Waals surface area contributed by atoms with Crippen molar-refractivity contribution in [3.63, 3.8) is 0 Å². The SMILES string of the molecule is O=C(Cc1ccc(Cl)cc1)NCC1CCN(Cc2ccncc2)CC1. The third-order valence-corrected chi connectivity index (χ3v) is 4.98. The minimum atomic E-state index is 0.0848. The Morgan fingerprint density at radius 1 is 1.08 bits per heavy atom. The molecule has 4 nitrogen and oxygen atoms in total. The van der Waals surface area contributed by atoms with Crippen molar-refractivity contribution in [2.75, 3.05) is 19.6 Å². The van der Waals surface area contributed by atoms with Crippen molar-refractivity contribution in [1.29, 1.82) is 0 Å². The first kappa shape index (κ1) is 17.9. The Morgan fingerprint density at radius 2 is 1.76 bits per heavy atom. The molecule has 1 fully saturated rings. The van der Waals surface area contributed by atoms with Gasteiger partial charge in [0.05, 0.1) is 6.42 Å². The Hall–Kier alpha value is -1.91. The molecule has 25 heavy (non-hydrogen) atoms. The molecule has 1 amide bonds. The number of carbonyl (C=O) groups is 1. The molecule has 3 rings (SSSR count). The molecular formula is C20H24ClN3O. The van der Waals surface area contributed by atoms with Crippen LogP contribution in [-0.2, 0) is 17.8 Å². The maximum Gasteiger partial charge on any atom is 0.224 e. The number of rotatable bonds is 6. The van der Waals surface area contributed by atoms with E-state index in [1.54, 1.807) is 0 Å². The standard InChI is InChI=1S/C20H24ClN3O/c21-19-3-1-16(2-4-19)13-20(25)23-14-17-7-11-24(12-8-17)15-18-5-9-22-10-6-18/h1-6,9-10,17H,7-8,11-15H2,(H,23,25). The Bertz CT molecular complexity index is 667. The van der Waals surface area contributed by atoms with Gasteiger partial charge in [0.2, 0.25) is 5.91 Å². The molecule has 2 heterocycles. The molecule has 0 spiro atoms. The Balaban J connectivity index is 1.36. The minimum Gasteiger partial charge on any atom is -0.356 e. The number of benzene rings is 1. The van der Waals surface area contributed by atoms with Crippen LogP contribution in [0, 0.1) is 5.92 Å². The van der Waals surface area contributed by atoms with E-state index in [0.29, 0.717) is 17.4 Å². The van der Waals surface area contributed by atoms with Crippen molar-refractivity contribution in [3.8, 4) is 0 Å². The summed E-state index contributed by atoms with van der Waals surface area (Å²) in [6.07, 6.45) is 6.37. The number of carbonyl (C=O) groups excluding carboxylic acids is 1. The number of aromatic nitrogens is 1. The van der Waals surface area contributed by atoms with Crippen LogP contribution in [0.15, 0.2) is 48.8 Å². The predicted octanol–water partition coefficient (Wildman–Crippen LogP) is 3.31. The van der Waals surface area contributed by atoms with Crippen molar-refractivity contribution in [2.24, 2.45) is 5.92 Å². The number of halogens is 1. The Labute approximate surface area is 154 Å². The molecule has 132 valence electrons. The fourth-order valence-electron chi connectivity index (χ4n) is 3.20. The second-order valence-corrected chi connectivity index (χ2v) is 7.12. The number of hydrogen-bond donors (Lipinski definition) is 1. The molecule has 0 unspecified atom stereocenters. The van der Waals surface area contributed by atoms with Crippen LogP contribution < -0.4 is 5.32 Å². The first-order chi connectivity index (χ1) is 12.2. The van der Waals surface area contributed by atoms with Crippen LogP contribution >= 0.6 is 11.6 Å². The summed E-state index contributed by atoms with van der Waals surface area (Å²) >= 11 is 5.87. The molecule has 1 N–H and O–H groups in total. The highest BCUT2D eigenvalue weighted by atomic mass is 35.5. The van der Waals surface area contributed by atoms with Gasteiger partial charge in [0.15, 0.2) is 0 Å². The van der Waals surface area contributed by atoms with E-state index in [4.69, 9.17) is 11.6 Å². The summed E-state index contributed by atoms with van der Waals surface area (Å²) in [5.41, 5.74) is 2.30.